The molecule has 2 rings (SSSR count). The number of nitrogens with one attached hydrogen (secondary N) is 1. The zero-order chi connectivity index (χ0) is 14.0. The third-order valence-corrected chi connectivity index (χ3v) is 3.61. The smallest absolute Gasteiger partial charge is 0.271 e. The minimum absolute atomic E-state index is 0.0435. The number of methoxy groups -OCH3 is 1. The highest BCUT2D eigenvalue weighted by molar-refractivity contribution is 7.15. The number of aryl methyl sites for hydroxylation is 1. The van der Waals surface area contributed by atoms with E-state index in [1.807, 2.05) is 12.3 Å². The van der Waals surface area contributed by atoms with Crippen molar-refractivity contribution >= 4 is 22.2 Å². The summed E-state index contributed by atoms with van der Waals surface area (Å²) in [5.74, 6) is -0.429. The first-order valence-corrected chi connectivity index (χ1v) is 6.68. The van der Waals surface area contributed by atoms with E-state index in [0.717, 1.165) is 5.69 Å². The number of ether oxygens (including phenoxy) is 1. The Hall–Kier alpha value is -1.73. The zero-order valence-corrected chi connectivity index (χ0v) is 11.8. The van der Waals surface area contributed by atoms with E-state index in [9.17, 15) is 9.59 Å². The normalized spacial score (nSPS) is 12.6. The molecule has 1 atom stereocenters. The van der Waals surface area contributed by atoms with Crippen LogP contribution in [-0.4, -0.2) is 35.1 Å². The fraction of sp³-hybridized carbons (Fsp3) is 0.417. The van der Waals surface area contributed by atoms with Crippen LogP contribution < -0.4 is 10.9 Å². The number of amides is 1. The van der Waals surface area contributed by atoms with Gasteiger partial charge in [0.05, 0.1) is 6.61 Å². The molecule has 0 aliphatic heterocycles. The predicted molar refractivity (Wildman–Crippen MR) is 72.9 cm³/mol. The van der Waals surface area contributed by atoms with Crippen LogP contribution in [0.1, 0.15) is 23.0 Å². The van der Waals surface area contributed by atoms with Gasteiger partial charge in [0.1, 0.15) is 5.56 Å². The van der Waals surface area contributed by atoms with Crippen molar-refractivity contribution in [1.82, 2.24) is 14.7 Å². The molecule has 2 aromatic rings. The topological polar surface area (TPSA) is 72.7 Å². The molecule has 1 N–H and O–H groups in total. The predicted octanol–water partition coefficient (Wildman–Crippen LogP) is 0.829. The summed E-state index contributed by atoms with van der Waals surface area (Å²) < 4.78 is 6.38. The van der Waals surface area contributed by atoms with Crippen LogP contribution in [0, 0.1) is 6.92 Å². The van der Waals surface area contributed by atoms with Gasteiger partial charge in [-0.3, -0.25) is 14.0 Å². The molecule has 0 aromatic carbocycles. The van der Waals surface area contributed by atoms with Crippen LogP contribution in [0.3, 0.4) is 0 Å². The number of fused-ring (bicyclic) bond motifs is 1. The fourth-order valence-electron chi connectivity index (χ4n) is 1.77. The third kappa shape index (κ3) is 2.66. The van der Waals surface area contributed by atoms with Crippen molar-refractivity contribution in [3.63, 3.8) is 0 Å². The van der Waals surface area contributed by atoms with Crippen LogP contribution in [-0.2, 0) is 4.74 Å². The van der Waals surface area contributed by atoms with Gasteiger partial charge in [-0.05, 0) is 13.8 Å². The number of thiazole rings is 1. The molecule has 0 aliphatic rings. The molecule has 0 saturated heterocycles. The monoisotopic (exact) mass is 281 g/mol. The Kier molecular flexibility index (Phi) is 3.96. The van der Waals surface area contributed by atoms with E-state index in [1.165, 1.54) is 21.9 Å². The Morgan fingerprint density at radius 2 is 2.37 bits per heavy atom. The minimum Gasteiger partial charge on any atom is -0.383 e. The van der Waals surface area contributed by atoms with Gasteiger partial charge in [0, 0.05) is 30.4 Å². The van der Waals surface area contributed by atoms with Gasteiger partial charge in [-0.15, -0.1) is 11.3 Å². The average molecular weight is 281 g/mol. The molecule has 102 valence electrons. The van der Waals surface area contributed by atoms with Gasteiger partial charge in [0.2, 0.25) is 0 Å². The SMILES string of the molecule is COC[C@@H](C)NC(=O)c1cnc2scc(C)n2c1=O. The average Bonchev–Trinajstić information content (AvgIpc) is 2.72. The van der Waals surface area contributed by atoms with E-state index in [2.05, 4.69) is 10.3 Å². The van der Waals surface area contributed by atoms with E-state index < -0.39 is 5.91 Å². The number of hydrogen-bond donors (Lipinski definition) is 1. The number of nitrogens with zero attached hydrogens (tertiary/aromatic N) is 2. The van der Waals surface area contributed by atoms with Crippen LogP contribution in [0.25, 0.3) is 4.96 Å². The quantitative estimate of drug-likeness (QED) is 0.901. The molecule has 2 heterocycles. The summed E-state index contributed by atoms with van der Waals surface area (Å²) in [5, 5.41) is 4.53. The maximum Gasteiger partial charge on any atom is 0.271 e. The molecule has 7 heteroatoms. The van der Waals surface area contributed by atoms with Crippen molar-refractivity contribution in [3.8, 4) is 0 Å². The van der Waals surface area contributed by atoms with Crippen molar-refractivity contribution in [3.05, 3.63) is 33.2 Å². The maximum atomic E-state index is 12.2. The molecular formula is C12H15N3O3S. The molecule has 0 bridgehead atoms. The van der Waals surface area contributed by atoms with Gasteiger partial charge in [0.15, 0.2) is 4.96 Å². The van der Waals surface area contributed by atoms with Crippen molar-refractivity contribution < 1.29 is 9.53 Å². The van der Waals surface area contributed by atoms with E-state index in [0.29, 0.717) is 11.6 Å². The van der Waals surface area contributed by atoms with Gasteiger partial charge < -0.3 is 10.1 Å². The second kappa shape index (κ2) is 5.50. The first kappa shape index (κ1) is 13.7. The van der Waals surface area contributed by atoms with E-state index in [4.69, 9.17) is 4.74 Å². The Bertz CT molecular complexity index is 662. The lowest BCUT2D eigenvalue weighted by Gasteiger charge is -2.12. The number of rotatable bonds is 4. The molecular weight excluding hydrogens is 266 g/mol. The standard InChI is InChI=1S/C12H15N3O3S/c1-7(5-18-3)14-10(16)9-4-13-12-15(11(9)17)8(2)6-19-12/h4,6-7H,5H2,1-3H3,(H,14,16)/t7-/m1/s1. The summed E-state index contributed by atoms with van der Waals surface area (Å²) >= 11 is 1.37. The second-order valence-corrected chi connectivity index (χ2v) is 5.14. The summed E-state index contributed by atoms with van der Waals surface area (Å²) in [4.78, 5) is 29.0. The molecule has 1 amide bonds. The highest BCUT2D eigenvalue weighted by atomic mass is 32.1. The highest BCUT2D eigenvalue weighted by Gasteiger charge is 2.16. The molecule has 0 fully saturated rings. The maximum absolute atomic E-state index is 12.2. The Morgan fingerprint density at radius 3 is 3.05 bits per heavy atom. The van der Waals surface area contributed by atoms with Crippen LogP contribution >= 0.6 is 11.3 Å². The lowest BCUT2D eigenvalue weighted by atomic mass is 10.2. The second-order valence-electron chi connectivity index (χ2n) is 4.30. The Balaban J connectivity index is 2.35. The lowest BCUT2D eigenvalue weighted by Crippen LogP contribution is -2.39. The molecule has 6 nitrogen and oxygen atoms in total. The van der Waals surface area contributed by atoms with Gasteiger partial charge in [0.25, 0.3) is 11.5 Å². The molecule has 19 heavy (non-hydrogen) atoms. The summed E-state index contributed by atoms with van der Waals surface area (Å²) in [6, 6.07) is -0.166. The van der Waals surface area contributed by atoms with Crippen molar-refractivity contribution in [2.75, 3.05) is 13.7 Å². The van der Waals surface area contributed by atoms with Gasteiger partial charge in [-0.2, -0.15) is 0 Å². The van der Waals surface area contributed by atoms with Crippen molar-refractivity contribution in [2.45, 2.75) is 19.9 Å². The van der Waals surface area contributed by atoms with Crippen LogP contribution in [0.4, 0.5) is 0 Å². The van der Waals surface area contributed by atoms with Crippen LogP contribution in [0.2, 0.25) is 0 Å². The van der Waals surface area contributed by atoms with Gasteiger partial charge >= 0.3 is 0 Å². The minimum atomic E-state index is -0.429. The van der Waals surface area contributed by atoms with Crippen LogP contribution in [0.5, 0.6) is 0 Å². The first-order valence-electron chi connectivity index (χ1n) is 5.80. The van der Waals surface area contributed by atoms with Crippen molar-refractivity contribution in [1.29, 1.82) is 0 Å². The lowest BCUT2D eigenvalue weighted by molar-refractivity contribution is 0.0903. The molecule has 0 radical (unpaired) electrons. The molecule has 0 aliphatic carbocycles. The van der Waals surface area contributed by atoms with Crippen molar-refractivity contribution in [2.24, 2.45) is 0 Å². The van der Waals surface area contributed by atoms with Gasteiger partial charge in [-0.1, -0.05) is 0 Å². The molecule has 2 aromatic heterocycles. The van der Waals surface area contributed by atoms with Gasteiger partial charge in [-0.25, -0.2) is 4.98 Å². The van der Waals surface area contributed by atoms with E-state index in [-0.39, 0.29) is 17.2 Å². The number of carbonyl (C=O) groups excluding carboxylic acids is 1. The first-order chi connectivity index (χ1) is 9.04. The van der Waals surface area contributed by atoms with E-state index >= 15 is 0 Å². The largest absolute Gasteiger partial charge is 0.383 e. The summed E-state index contributed by atoms with van der Waals surface area (Å²) in [5.41, 5.74) is 0.477. The fourth-order valence-corrected chi connectivity index (χ4v) is 2.60. The Morgan fingerprint density at radius 1 is 1.63 bits per heavy atom. The zero-order valence-electron chi connectivity index (χ0n) is 11.0. The van der Waals surface area contributed by atoms with Crippen LogP contribution in [0.15, 0.2) is 16.4 Å². The Labute approximate surface area is 114 Å². The molecule has 0 unspecified atom stereocenters. The van der Waals surface area contributed by atoms with E-state index in [1.54, 1.807) is 14.0 Å². The molecule has 0 spiro atoms. The number of carbonyl (C=O) groups is 1. The third-order valence-electron chi connectivity index (χ3n) is 2.66. The summed E-state index contributed by atoms with van der Waals surface area (Å²) in [6.45, 7) is 4.00. The summed E-state index contributed by atoms with van der Waals surface area (Å²) in [7, 11) is 1.56. The number of hydrogen-bond acceptors (Lipinski definition) is 5. The summed E-state index contributed by atoms with van der Waals surface area (Å²) in [6.07, 6.45) is 1.32. The number of aromatic nitrogens is 2. The molecule has 0 saturated carbocycles. The highest BCUT2D eigenvalue weighted by Crippen LogP contribution is 2.10.